The van der Waals surface area contributed by atoms with E-state index in [0.717, 1.165) is 0 Å². The molecule has 0 radical (unpaired) electrons. The third-order valence-electron chi connectivity index (χ3n) is 4.14. The number of hydrogen-bond donors (Lipinski definition) is 0. The summed E-state index contributed by atoms with van der Waals surface area (Å²) in [7, 11) is 0. The van der Waals surface area contributed by atoms with Crippen LogP contribution in [0.2, 0.25) is 0 Å². The average Bonchev–Trinajstić information content (AvgIpc) is 3.15. The summed E-state index contributed by atoms with van der Waals surface area (Å²) < 4.78 is 3.39. The van der Waals surface area contributed by atoms with Crippen LogP contribution >= 0.6 is 0 Å². The van der Waals surface area contributed by atoms with Crippen molar-refractivity contribution in [1.82, 2.24) is 0 Å². The van der Waals surface area contributed by atoms with Crippen LogP contribution in [0.4, 0.5) is 0 Å². The quantitative estimate of drug-likeness (QED) is 0.725. The van der Waals surface area contributed by atoms with Gasteiger partial charge in [-0.2, -0.15) is 0 Å². The molecule has 0 aliphatic heterocycles. The molecular weight excluding hydrogens is 331 g/mol. The molecule has 100 valence electrons. The van der Waals surface area contributed by atoms with E-state index in [0.29, 0.717) is 5.92 Å². The minimum atomic E-state index is -0.648. The van der Waals surface area contributed by atoms with Gasteiger partial charge in [-0.05, 0) is 0 Å². The van der Waals surface area contributed by atoms with Gasteiger partial charge in [0.2, 0.25) is 0 Å². The summed E-state index contributed by atoms with van der Waals surface area (Å²) >= 11 is -0.648. The molecule has 1 unspecified atom stereocenters. The summed E-state index contributed by atoms with van der Waals surface area (Å²) in [5, 5.41) is 0. The number of benzene rings is 2. The monoisotopic (exact) mass is 346 g/mol. The fourth-order valence-corrected chi connectivity index (χ4v) is 6.76. The van der Waals surface area contributed by atoms with Gasteiger partial charge in [0.1, 0.15) is 0 Å². The third kappa shape index (κ3) is 2.56. The van der Waals surface area contributed by atoms with E-state index in [4.69, 9.17) is 0 Å². The summed E-state index contributed by atoms with van der Waals surface area (Å²) in [5.74, 6) is 0.496. The van der Waals surface area contributed by atoms with Crippen molar-refractivity contribution in [2.24, 2.45) is 0 Å². The van der Waals surface area contributed by atoms with Crippen LogP contribution in [0.5, 0.6) is 0 Å². The van der Waals surface area contributed by atoms with Crippen LogP contribution in [-0.4, -0.2) is 0 Å². The van der Waals surface area contributed by atoms with Crippen LogP contribution in [0.25, 0.3) is 6.08 Å². The molecule has 0 amide bonds. The molecule has 0 aromatic heterocycles. The first-order chi connectivity index (χ1) is 10.4. The normalized spacial score (nSPS) is 19.1. The van der Waals surface area contributed by atoms with Crippen LogP contribution < -0.4 is 0 Å². The molecule has 2 aliphatic carbocycles. The van der Waals surface area contributed by atoms with Crippen LogP contribution in [0.1, 0.15) is 29.0 Å². The van der Waals surface area contributed by atoms with E-state index in [1.165, 1.54) is 23.1 Å². The van der Waals surface area contributed by atoms with Gasteiger partial charge in [-0.15, -0.1) is 0 Å². The van der Waals surface area contributed by atoms with Gasteiger partial charge in [-0.3, -0.25) is 0 Å². The molecular formula is C20H16Zr. The molecule has 2 aromatic carbocycles. The molecule has 0 bridgehead atoms. The summed E-state index contributed by atoms with van der Waals surface area (Å²) in [5.41, 5.74) is 4.36. The average molecular weight is 348 g/mol. The van der Waals surface area contributed by atoms with Gasteiger partial charge in [-0.1, -0.05) is 0 Å². The van der Waals surface area contributed by atoms with Gasteiger partial charge in [0.05, 0.1) is 0 Å². The fourth-order valence-electron chi connectivity index (χ4n) is 3.16. The van der Waals surface area contributed by atoms with E-state index in [1.807, 2.05) is 0 Å². The van der Waals surface area contributed by atoms with Crippen molar-refractivity contribution in [3.8, 4) is 0 Å². The van der Waals surface area contributed by atoms with Gasteiger partial charge >= 0.3 is 138 Å². The summed E-state index contributed by atoms with van der Waals surface area (Å²) in [6.07, 6.45) is 10.5. The van der Waals surface area contributed by atoms with Gasteiger partial charge in [-0.25, -0.2) is 0 Å². The number of hydrogen-bond acceptors (Lipinski definition) is 0. The van der Waals surface area contributed by atoms with E-state index >= 15 is 0 Å². The standard InChI is InChI=1S/C15H11.C5H5.Zr/c1-2-6-12(7-3-1)15-11-10-13-8-4-5-9-14(13)15;1-2-4-5-3-1;/h1-10,15H;1-3H,4H2;. The molecule has 0 heterocycles. The van der Waals surface area contributed by atoms with Crippen LogP contribution in [0.3, 0.4) is 0 Å². The Kier molecular flexibility index (Phi) is 3.61. The summed E-state index contributed by atoms with van der Waals surface area (Å²) in [4.78, 5) is 0. The van der Waals surface area contributed by atoms with E-state index in [9.17, 15) is 0 Å². The van der Waals surface area contributed by atoms with Crippen molar-refractivity contribution in [1.29, 1.82) is 0 Å². The van der Waals surface area contributed by atoms with Crippen LogP contribution in [0, 0.1) is 0 Å². The second-order valence-corrected chi connectivity index (χ2v) is 9.13. The molecule has 4 rings (SSSR count). The molecule has 0 N–H and O–H groups in total. The molecule has 2 aromatic rings. The Morgan fingerprint density at radius 3 is 2.52 bits per heavy atom. The maximum absolute atomic E-state index is 2.47. The molecule has 21 heavy (non-hydrogen) atoms. The Bertz CT molecular complexity index is 750. The van der Waals surface area contributed by atoms with Gasteiger partial charge in [0, 0.05) is 0 Å². The molecule has 0 saturated carbocycles. The topological polar surface area (TPSA) is 0 Å². The van der Waals surface area contributed by atoms with Gasteiger partial charge < -0.3 is 0 Å². The molecule has 2 aliphatic rings. The van der Waals surface area contributed by atoms with Crippen molar-refractivity contribution in [3.63, 3.8) is 0 Å². The second-order valence-electron chi connectivity index (χ2n) is 5.52. The maximum atomic E-state index is 2.47. The Morgan fingerprint density at radius 2 is 1.71 bits per heavy atom. The van der Waals surface area contributed by atoms with Crippen molar-refractivity contribution >= 4 is 6.08 Å². The Hall–Kier alpha value is -1.46. The predicted octanol–water partition coefficient (Wildman–Crippen LogP) is 5.10. The zero-order valence-corrected chi connectivity index (χ0v) is 14.2. The van der Waals surface area contributed by atoms with E-state index in [1.54, 1.807) is 6.56 Å². The second kappa shape index (κ2) is 5.74. The van der Waals surface area contributed by atoms with E-state index in [2.05, 4.69) is 78.9 Å². The number of allylic oxidation sites excluding steroid dienone is 5. The van der Waals surface area contributed by atoms with Crippen molar-refractivity contribution in [3.05, 3.63) is 96.1 Å². The zero-order chi connectivity index (χ0) is 14.1. The Balaban J connectivity index is 1.75. The number of rotatable bonds is 3. The third-order valence-corrected chi connectivity index (χ3v) is 7.61. The number of fused-ring (bicyclic) bond motifs is 1. The Labute approximate surface area is 137 Å². The summed E-state index contributed by atoms with van der Waals surface area (Å²) in [6, 6.07) is 19.9. The molecule has 0 fully saturated rings. The van der Waals surface area contributed by atoms with Crippen molar-refractivity contribution in [2.75, 3.05) is 0 Å². The predicted molar refractivity (Wildman–Crippen MR) is 84.5 cm³/mol. The first-order valence-corrected chi connectivity index (χ1v) is 9.86. The van der Waals surface area contributed by atoms with Crippen molar-refractivity contribution < 1.29 is 23.2 Å². The van der Waals surface area contributed by atoms with Crippen molar-refractivity contribution in [2.45, 2.75) is 12.3 Å². The molecule has 1 atom stereocenters. The van der Waals surface area contributed by atoms with E-state index in [-0.39, 0.29) is 0 Å². The van der Waals surface area contributed by atoms with Crippen LogP contribution in [-0.2, 0) is 23.2 Å². The van der Waals surface area contributed by atoms with Crippen LogP contribution in [0.15, 0.2) is 79.4 Å². The summed E-state index contributed by atoms with van der Waals surface area (Å²) in [6.45, 7) is 0. The first-order valence-electron chi connectivity index (χ1n) is 7.40. The van der Waals surface area contributed by atoms with Gasteiger partial charge in [0.25, 0.3) is 0 Å². The molecule has 1 heteroatoms. The molecule has 0 spiro atoms. The van der Waals surface area contributed by atoms with Gasteiger partial charge in [0.15, 0.2) is 0 Å². The SMILES string of the molecule is C1=CC[C]([Zr][C]2=Cc3ccccc3C2c2ccccc2)=C1. The zero-order valence-electron chi connectivity index (χ0n) is 11.8. The molecule has 0 saturated heterocycles. The Morgan fingerprint density at radius 1 is 0.905 bits per heavy atom. The minimum absolute atomic E-state index is 0.496. The first kappa shape index (κ1) is 13.2. The van der Waals surface area contributed by atoms with E-state index < -0.39 is 23.2 Å². The fraction of sp³-hybridized carbons (Fsp3) is 0.100. The molecule has 0 nitrogen and oxygen atoms in total.